The fourth-order valence-corrected chi connectivity index (χ4v) is 1.89. The molecule has 1 aromatic heterocycles. The van der Waals surface area contributed by atoms with Gasteiger partial charge < -0.3 is 5.32 Å². The van der Waals surface area contributed by atoms with Crippen LogP contribution in [0.3, 0.4) is 0 Å². The van der Waals surface area contributed by atoms with Gasteiger partial charge in [0.1, 0.15) is 5.15 Å². The third kappa shape index (κ3) is 1.85. The average molecular weight is 211 g/mol. The minimum Gasteiger partial charge on any atom is -0.382 e. The number of nitrogens with one attached hydrogen (secondary N) is 1. The molecule has 14 heavy (non-hydrogen) atoms. The van der Waals surface area contributed by atoms with Gasteiger partial charge in [-0.25, -0.2) is 4.98 Å². The standard InChI is InChI=1S/C11H15ClN2/c1-3-11(2)7-9(11)14-8-4-5-13-10(12)6-8/h4-6,9H,3,7H2,1-2H3,(H,13,14). The van der Waals surface area contributed by atoms with Gasteiger partial charge in [-0.05, 0) is 30.4 Å². The van der Waals surface area contributed by atoms with Gasteiger partial charge in [-0.15, -0.1) is 0 Å². The molecule has 2 nitrogen and oxygen atoms in total. The van der Waals surface area contributed by atoms with Crippen molar-refractivity contribution < 1.29 is 0 Å². The maximum atomic E-state index is 5.80. The zero-order valence-corrected chi connectivity index (χ0v) is 9.30. The van der Waals surface area contributed by atoms with Crippen molar-refractivity contribution >= 4 is 17.3 Å². The second-order valence-corrected chi connectivity index (χ2v) is 4.66. The van der Waals surface area contributed by atoms with Crippen LogP contribution < -0.4 is 5.32 Å². The Morgan fingerprint density at radius 1 is 1.71 bits per heavy atom. The molecule has 76 valence electrons. The first-order chi connectivity index (χ1) is 6.64. The number of nitrogens with zero attached hydrogens (tertiary/aromatic N) is 1. The fourth-order valence-electron chi connectivity index (χ4n) is 1.72. The monoisotopic (exact) mass is 210 g/mol. The van der Waals surface area contributed by atoms with E-state index in [2.05, 4.69) is 24.1 Å². The smallest absolute Gasteiger partial charge is 0.131 e. The Morgan fingerprint density at radius 3 is 3.07 bits per heavy atom. The van der Waals surface area contributed by atoms with Crippen molar-refractivity contribution in [2.24, 2.45) is 5.41 Å². The van der Waals surface area contributed by atoms with Crippen LogP contribution in [0.25, 0.3) is 0 Å². The highest BCUT2D eigenvalue weighted by molar-refractivity contribution is 6.29. The summed E-state index contributed by atoms with van der Waals surface area (Å²) in [5, 5.41) is 4.02. The summed E-state index contributed by atoms with van der Waals surface area (Å²) in [5.74, 6) is 0. The summed E-state index contributed by atoms with van der Waals surface area (Å²) < 4.78 is 0. The Kier molecular flexibility index (Phi) is 2.40. The van der Waals surface area contributed by atoms with Gasteiger partial charge in [0.05, 0.1) is 0 Å². The van der Waals surface area contributed by atoms with Gasteiger partial charge in [-0.2, -0.15) is 0 Å². The summed E-state index contributed by atoms with van der Waals surface area (Å²) in [6.07, 6.45) is 4.21. The molecule has 0 aliphatic heterocycles. The lowest BCUT2D eigenvalue weighted by Gasteiger charge is -2.10. The SMILES string of the molecule is CCC1(C)CC1Nc1ccnc(Cl)c1. The number of pyridine rings is 1. The molecule has 2 unspecified atom stereocenters. The minimum absolute atomic E-state index is 0.482. The van der Waals surface area contributed by atoms with Crippen molar-refractivity contribution in [3.63, 3.8) is 0 Å². The lowest BCUT2D eigenvalue weighted by atomic mass is 10.1. The van der Waals surface area contributed by atoms with Crippen molar-refractivity contribution in [3.8, 4) is 0 Å². The van der Waals surface area contributed by atoms with Crippen molar-refractivity contribution in [3.05, 3.63) is 23.5 Å². The topological polar surface area (TPSA) is 24.9 Å². The first kappa shape index (κ1) is 9.78. The van der Waals surface area contributed by atoms with E-state index < -0.39 is 0 Å². The Labute approximate surface area is 89.7 Å². The predicted molar refractivity (Wildman–Crippen MR) is 59.7 cm³/mol. The Hall–Kier alpha value is -0.760. The number of halogens is 1. The molecule has 1 aliphatic carbocycles. The van der Waals surface area contributed by atoms with E-state index >= 15 is 0 Å². The Bertz CT molecular complexity index is 340. The number of rotatable bonds is 3. The molecule has 2 rings (SSSR count). The second-order valence-electron chi connectivity index (χ2n) is 4.28. The maximum absolute atomic E-state index is 5.80. The normalized spacial score (nSPS) is 30.1. The van der Waals surface area contributed by atoms with E-state index in [-0.39, 0.29) is 0 Å². The van der Waals surface area contributed by atoms with E-state index in [9.17, 15) is 0 Å². The van der Waals surface area contributed by atoms with Crippen LogP contribution in [0.5, 0.6) is 0 Å². The number of hydrogen-bond donors (Lipinski definition) is 1. The molecule has 1 aromatic rings. The number of hydrogen-bond acceptors (Lipinski definition) is 2. The third-order valence-electron chi connectivity index (χ3n) is 3.23. The second kappa shape index (κ2) is 3.43. The van der Waals surface area contributed by atoms with Crippen molar-refractivity contribution in [1.29, 1.82) is 0 Å². The van der Waals surface area contributed by atoms with Gasteiger partial charge >= 0.3 is 0 Å². The van der Waals surface area contributed by atoms with Crippen LogP contribution in [0.15, 0.2) is 18.3 Å². The molecule has 1 fully saturated rings. The molecule has 1 saturated carbocycles. The number of anilines is 1. The molecule has 0 spiro atoms. The van der Waals surface area contributed by atoms with Crippen molar-refractivity contribution in [2.45, 2.75) is 32.7 Å². The number of aromatic nitrogens is 1. The van der Waals surface area contributed by atoms with Gasteiger partial charge in [0.15, 0.2) is 0 Å². The Balaban J connectivity index is 2.00. The zero-order chi connectivity index (χ0) is 10.2. The highest BCUT2D eigenvalue weighted by atomic mass is 35.5. The largest absolute Gasteiger partial charge is 0.382 e. The molecular weight excluding hydrogens is 196 g/mol. The summed E-state index contributed by atoms with van der Waals surface area (Å²) >= 11 is 5.80. The fraction of sp³-hybridized carbons (Fsp3) is 0.545. The summed E-state index contributed by atoms with van der Waals surface area (Å²) in [4.78, 5) is 3.95. The van der Waals surface area contributed by atoms with Crippen LogP contribution in [0.2, 0.25) is 5.15 Å². The maximum Gasteiger partial charge on any atom is 0.131 e. The highest BCUT2D eigenvalue weighted by Gasteiger charge is 2.48. The summed E-state index contributed by atoms with van der Waals surface area (Å²) in [6.45, 7) is 4.55. The molecule has 0 radical (unpaired) electrons. The van der Waals surface area contributed by atoms with E-state index in [1.807, 2.05) is 12.1 Å². The van der Waals surface area contributed by atoms with Crippen LogP contribution in [-0.4, -0.2) is 11.0 Å². The molecule has 1 aliphatic rings. The molecule has 1 heterocycles. The zero-order valence-electron chi connectivity index (χ0n) is 8.55. The molecule has 0 saturated heterocycles. The van der Waals surface area contributed by atoms with Crippen LogP contribution in [-0.2, 0) is 0 Å². The lowest BCUT2D eigenvalue weighted by Crippen LogP contribution is -2.10. The van der Waals surface area contributed by atoms with Gasteiger partial charge in [0.25, 0.3) is 0 Å². The molecule has 3 heteroatoms. The molecule has 1 N–H and O–H groups in total. The summed E-state index contributed by atoms with van der Waals surface area (Å²) in [7, 11) is 0. The van der Waals surface area contributed by atoms with Gasteiger partial charge in [0, 0.05) is 17.9 Å². The van der Waals surface area contributed by atoms with E-state index in [4.69, 9.17) is 11.6 Å². The van der Waals surface area contributed by atoms with Gasteiger partial charge in [0.2, 0.25) is 0 Å². The van der Waals surface area contributed by atoms with Crippen LogP contribution in [0.1, 0.15) is 26.7 Å². The molecule has 0 bridgehead atoms. The van der Waals surface area contributed by atoms with Gasteiger partial charge in [-0.1, -0.05) is 25.4 Å². The molecular formula is C11H15ClN2. The average Bonchev–Trinajstić information content (AvgIpc) is 2.78. The third-order valence-corrected chi connectivity index (χ3v) is 3.43. The molecule has 0 amide bonds. The van der Waals surface area contributed by atoms with E-state index in [0.29, 0.717) is 16.6 Å². The quantitative estimate of drug-likeness (QED) is 0.775. The minimum atomic E-state index is 0.482. The van der Waals surface area contributed by atoms with Crippen molar-refractivity contribution in [2.75, 3.05) is 5.32 Å². The Morgan fingerprint density at radius 2 is 2.50 bits per heavy atom. The van der Waals surface area contributed by atoms with E-state index in [1.165, 1.54) is 12.8 Å². The summed E-state index contributed by atoms with van der Waals surface area (Å²) in [6, 6.07) is 4.43. The molecule has 2 atom stereocenters. The van der Waals surface area contributed by atoms with Crippen LogP contribution >= 0.6 is 11.6 Å². The predicted octanol–water partition coefficient (Wildman–Crippen LogP) is 3.34. The van der Waals surface area contributed by atoms with E-state index in [1.54, 1.807) is 6.20 Å². The summed E-state index contributed by atoms with van der Waals surface area (Å²) in [5.41, 5.74) is 1.56. The van der Waals surface area contributed by atoms with Crippen LogP contribution in [0, 0.1) is 5.41 Å². The van der Waals surface area contributed by atoms with E-state index in [0.717, 1.165) is 5.69 Å². The first-order valence-corrected chi connectivity index (χ1v) is 5.40. The van der Waals surface area contributed by atoms with Crippen molar-refractivity contribution in [1.82, 2.24) is 4.98 Å². The molecule has 0 aromatic carbocycles. The first-order valence-electron chi connectivity index (χ1n) is 5.02. The van der Waals surface area contributed by atoms with Crippen LogP contribution in [0.4, 0.5) is 5.69 Å². The highest BCUT2D eigenvalue weighted by Crippen LogP contribution is 2.49. The lowest BCUT2D eigenvalue weighted by molar-refractivity contribution is 0.535. The van der Waals surface area contributed by atoms with Gasteiger partial charge in [-0.3, -0.25) is 0 Å².